The van der Waals surface area contributed by atoms with Crippen LogP contribution in [-0.2, 0) is 14.3 Å². The Labute approximate surface area is 197 Å². The number of hydrogen-bond acceptors (Lipinski definition) is 3. The van der Waals surface area contributed by atoms with Crippen LogP contribution in [0.1, 0.15) is 70.8 Å². The molecule has 176 valence electrons. The van der Waals surface area contributed by atoms with Crippen molar-refractivity contribution in [2.75, 3.05) is 0 Å². The van der Waals surface area contributed by atoms with Gasteiger partial charge in [-0.25, -0.2) is 4.79 Å². The van der Waals surface area contributed by atoms with Gasteiger partial charge in [-0.1, -0.05) is 49.4 Å². The molecule has 1 aromatic rings. The highest BCUT2D eigenvalue weighted by molar-refractivity contribution is 5.87. The summed E-state index contributed by atoms with van der Waals surface area (Å²) in [5.41, 5.74) is 1.54. The molecular formula is C29H36O4. The zero-order valence-corrected chi connectivity index (χ0v) is 19.9. The van der Waals surface area contributed by atoms with Gasteiger partial charge in [-0.2, -0.15) is 0 Å². The molecule has 4 aliphatic rings. The number of carboxylic acid groups (broad SMARTS) is 1. The lowest BCUT2D eigenvalue weighted by Gasteiger charge is -2.64. The van der Waals surface area contributed by atoms with Gasteiger partial charge in [0.15, 0.2) is 0 Å². The zero-order chi connectivity index (χ0) is 23.4. The van der Waals surface area contributed by atoms with E-state index < -0.39 is 23.5 Å². The molecule has 0 aromatic heterocycles. The maximum atomic E-state index is 12.8. The number of rotatable bonds is 4. The average molecular weight is 449 g/mol. The first-order valence-electron chi connectivity index (χ1n) is 12.5. The van der Waals surface area contributed by atoms with Gasteiger partial charge in [-0.15, -0.1) is 0 Å². The van der Waals surface area contributed by atoms with Crippen LogP contribution in [0.2, 0.25) is 0 Å². The Kier molecular flexibility index (Phi) is 5.34. The molecule has 4 heteroatoms. The van der Waals surface area contributed by atoms with Crippen LogP contribution in [0, 0.1) is 34.0 Å². The van der Waals surface area contributed by atoms with E-state index in [-0.39, 0.29) is 11.3 Å². The van der Waals surface area contributed by atoms with Crippen molar-refractivity contribution in [3.63, 3.8) is 0 Å². The fraction of sp³-hybridized carbons (Fsp3) is 0.586. The van der Waals surface area contributed by atoms with Crippen molar-refractivity contribution in [3.8, 4) is 0 Å². The van der Waals surface area contributed by atoms with Gasteiger partial charge >= 0.3 is 11.9 Å². The van der Waals surface area contributed by atoms with Crippen molar-refractivity contribution in [1.29, 1.82) is 0 Å². The van der Waals surface area contributed by atoms with Crippen molar-refractivity contribution in [3.05, 3.63) is 54.1 Å². The number of hydrogen-bond donors (Lipinski definition) is 1. The van der Waals surface area contributed by atoms with Crippen LogP contribution < -0.4 is 0 Å². The van der Waals surface area contributed by atoms with Crippen LogP contribution in [0.15, 0.2) is 48.6 Å². The molecule has 4 aliphatic carbocycles. The molecule has 0 amide bonds. The standard InChI is InChI=1S/C29H36O4/c1-19-17-29-16-13-22-27(2,23(29)11-10-21(19)18-29)15-14-24(28(22,3)26(31)32)33-25(30)12-9-20-7-5-4-6-8-20/h4-9,12,21-24H,1,10-11,13-18H2,2-3H3,(H,31,32)/b12-9+/t21-,22+,23+,24-,27-,28-,29-/m1/s1. The van der Waals surface area contributed by atoms with E-state index in [2.05, 4.69) is 13.5 Å². The zero-order valence-electron chi connectivity index (χ0n) is 19.9. The third-order valence-electron chi connectivity index (χ3n) is 10.1. The van der Waals surface area contributed by atoms with Crippen molar-refractivity contribution in [1.82, 2.24) is 0 Å². The van der Waals surface area contributed by atoms with Crippen LogP contribution in [-0.4, -0.2) is 23.1 Å². The highest BCUT2D eigenvalue weighted by atomic mass is 16.5. The van der Waals surface area contributed by atoms with Crippen molar-refractivity contribution in [2.45, 2.75) is 71.3 Å². The van der Waals surface area contributed by atoms with Crippen molar-refractivity contribution < 1.29 is 19.4 Å². The number of esters is 1. The molecule has 1 aromatic carbocycles. The topological polar surface area (TPSA) is 63.6 Å². The molecule has 33 heavy (non-hydrogen) atoms. The van der Waals surface area contributed by atoms with Crippen LogP contribution in [0.25, 0.3) is 6.08 Å². The Morgan fingerprint density at radius 2 is 1.82 bits per heavy atom. The van der Waals surface area contributed by atoms with Gasteiger partial charge in [0.05, 0.1) is 0 Å². The van der Waals surface area contributed by atoms with Crippen LogP contribution in [0.4, 0.5) is 0 Å². The number of allylic oxidation sites excluding steroid dienone is 1. The SMILES string of the molecule is C=C1C[C@@]23CC[C@H]4[C@@](C)(CC[C@@H](OC(=O)/C=C/c5ccccc5)[C@]4(C)C(=O)O)[C@@H]2CC[C@@H]1C3. The second kappa shape index (κ2) is 7.85. The molecular weight excluding hydrogens is 412 g/mol. The Bertz CT molecular complexity index is 996. The van der Waals surface area contributed by atoms with E-state index in [1.54, 1.807) is 6.08 Å². The second-order valence-corrected chi connectivity index (χ2v) is 11.6. The first-order valence-corrected chi connectivity index (χ1v) is 12.5. The maximum Gasteiger partial charge on any atom is 0.331 e. The summed E-state index contributed by atoms with van der Waals surface area (Å²) in [6.07, 6.45) is 10.8. The molecule has 0 radical (unpaired) electrons. The second-order valence-electron chi connectivity index (χ2n) is 11.6. The van der Waals surface area contributed by atoms with Gasteiger partial charge in [0.1, 0.15) is 11.5 Å². The molecule has 4 nitrogen and oxygen atoms in total. The molecule has 0 heterocycles. The number of aliphatic carboxylic acids is 1. The van der Waals surface area contributed by atoms with E-state index in [4.69, 9.17) is 4.74 Å². The highest BCUT2D eigenvalue weighted by Crippen LogP contribution is 2.72. The summed E-state index contributed by atoms with van der Waals surface area (Å²) in [5.74, 6) is -0.0785. The van der Waals surface area contributed by atoms with Gasteiger partial charge in [-0.3, -0.25) is 4.79 Å². The summed E-state index contributed by atoms with van der Waals surface area (Å²) in [5, 5.41) is 10.5. The summed E-state index contributed by atoms with van der Waals surface area (Å²) in [7, 11) is 0. The smallest absolute Gasteiger partial charge is 0.331 e. The summed E-state index contributed by atoms with van der Waals surface area (Å²) in [6.45, 7) is 8.58. The molecule has 0 unspecified atom stereocenters. The fourth-order valence-corrected chi connectivity index (χ4v) is 8.62. The first-order chi connectivity index (χ1) is 15.7. The Balaban J connectivity index is 1.39. The van der Waals surface area contributed by atoms with Crippen molar-refractivity contribution >= 4 is 18.0 Å². The van der Waals surface area contributed by atoms with E-state index in [1.165, 1.54) is 30.9 Å². The normalized spacial score (nSPS) is 41.9. The third kappa shape index (κ3) is 3.40. The molecule has 0 aliphatic heterocycles. The molecule has 0 saturated heterocycles. The lowest BCUT2D eigenvalue weighted by atomic mass is 9.40. The number of carbonyl (C=O) groups is 2. The number of benzene rings is 1. The van der Waals surface area contributed by atoms with Gasteiger partial charge in [0.2, 0.25) is 0 Å². The molecule has 1 spiro atoms. The summed E-state index contributed by atoms with van der Waals surface area (Å²) in [4.78, 5) is 25.5. The molecule has 5 rings (SSSR count). The fourth-order valence-electron chi connectivity index (χ4n) is 8.62. The van der Waals surface area contributed by atoms with Gasteiger partial charge < -0.3 is 9.84 Å². The van der Waals surface area contributed by atoms with Crippen LogP contribution >= 0.6 is 0 Å². The lowest BCUT2D eigenvalue weighted by molar-refractivity contribution is -0.211. The first kappa shape index (κ1) is 22.4. The maximum absolute atomic E-state index is 12.8. The van der Waals surface area contributed by atoms with Gasteiger partial charge in [0, 0.05) is 6.08 Å². The Hall–Kier alpha value is -2.36. The summed E-state index contributed by atoms with van der Waals surface area (Å²) in [6, 6.07) is 9.59. The molecule has 4 fully saturated rings. The predicted octanol–water partition coefficient (Wildman–Crippen LogP) is 6.28. The number of fused-ring (bicyclic) bond motifs is 3. The Morgan fingerprint density at radius 3 is 2.55 bits per heavy atom. The van der Waals surface area contributed by atoms with Gasteiger partial charge in [0.25, 0.3) is 0 Å². The minimum atomic E-state index is -1.07. The average Bonchev–Trinajstić information content (AvgIpc) is 3.02. The highest BCUT2D eigenvalue weighted by Gasteiger charge is 2.67. The van der Waals surface area contributed by atoms with E-state index in [0.29, 0.717) is 23.7 Å². The van der Waals surface area contributed by atoms with E-state index in [1.807, 2.05) is 37.3 Å². The molecule has 4 saturated carbocycles. The number of ether oxygens (including phenoxy) is 1. The number of carbonyl (C=O) groups excluding carboxylic acids is 1. The lowest BCUT2D eigenvalue weighted by Crippen LogP contribution is -2.63. The third-order valence-corrected chi connectivity index (χ3v) is 10.1. The van der Waals surface area contributed by atoms with Crippen LogP contribution in [0.3, 0.4) is 0 Å². The minimum Gasteiger partial charge on any atom is -0.481 e. The van der Waals surface area contributed by atoms with Crippen LogP contribution in [0.5, 0.6) is 0 Å². The predicted molar refractivity (Wildman–Crippen MR) is 128 cm³/mol. The van der Waals surface area contributed by atoms with Gasteiger partial charge in [-0.05, 0) is 98.5 Å². The van der Waals surface area contributed by atoms with Crippen molar-refractivity contribution in [2.24, 2.45) is 34.0 Å². The minimum absolute atomic E-state index is 0.00759. The van der Waals surface area contributed by atoms with E-state index in [9.17, 15) is 14.7 Å². The molecule has 1 N–H and O–H groups in total. The molecule has 2 bridgehead atoms. The summed E-state index contributed by atoms with van der Waals surface area (Å²) >= 11 is 0. The largest absolute Gasteiger partial charge is 0.481 e. The monoisotopic (exact) mass is 448 g/mol. The van der Waals surface area contributed by atoms with E-state index in [0.717, 1.165) is 31.2 Å². The number of carboxylic acids is 1. The Morgan fingerprint density at radius 1 is 1.06 bits per heavy atom. The quantitative estimate of drug-likeness (QED) is 0.335. The van der Waals surface area contributed by atoms with E-state index >= 15 is 0 Å². The molecule has 7 atom stereocenters. The summed E-state index contributed by atoms with van der Waals surface area (Å²) < 4.78 is 5.88.